The van der Waals surface area contributed by atoms with Crippen molar-refractivity contribution in [3.05, 3.63) is 0 Å². The van der Waals surface area contributed by atoms with E-state index in [9.17, 15) is 4.79 Å². The van der Waals surface area contributed by atoms with E-state index in [4.69, 9.17) is 18.9 Å². The molecule has 0 N–H and O–H groups in total. The quantitative estimate of drug-likeness (QED) is 0.193. The zero-order valence-electron chi connectivity index (χ0n) is 19.1. The van der Waals surface area contributed by atoms with E-state index in [2.05, 4.69) is 6.92 Å². The number of esters is 1. The Labute approximate surface area is 173 Å². The minimum atomic E-state index is -0.470. The van der Waals surface area contributed by atoms with E-state index >= 15 is 0 Å². The molecule has 0 aliphatic heterocycles. The average molecular weight is 403 g/mol. The summed E-state index contributed by atoms with van der Waals surface area (Å²) in [5.41, 5.74) is -0.470. The maximum Gasteiger partial charge on any atom is 0.332 e. The number of carbonyl (C=O) groups is 1. The molecule has 0 aliphatic rings. The number of hydrogen-bond acceptors (Lipinski definition) is 5. The highest BCUT2D eigenvalue weighted by Gasteiger charge is 2.15. The minimum absolute atomic E-state index is 0.0318. The van der Waals surface area contributed by atoms with Gasteiger partial charge in [-0.25, -0.2) is 4.79 Å². The maximum atomic E-state index is 11.4. The second kappa shape index (κ2) is 19.7. The molecule has 0 aliphatic carbocycles. The number of ether oxygens (including phenoxy) is 4. The van der Waals surface area contributed by atoms with Gasteiger partial charge in [0.05, 0.1) is 26.4 Å². The van der Waals surface area contributed by atoms with Gasteiger partial charge >= 0.3 is 5.97 Å². The normalized spacial score (nSPS) is 11.7. The van der Waals surface area contributed by atoms with Crippen molar-refractivity contribution in [2.75, 3.05) is 39.6 Å². The van der Waals surface area contributed by atoms with Gasteiger partial charge in [0, 0.05) is 6.61 Å². The zero-order valence-corrected chi connectivity index (χ0v) is 19.1. The third-order valence-corrected chi connectivity index (χ3v) is 4.28. The summed E-state index contributed by atoms with van der Waals surface area (Å²) in [6.45, 7) is 10.6. The van der Waals surface area contributed by atoms with Crippen molar-refractivity contribution in [3.63, 3.8) is 0 Å². The first-order valence-corrected chi connectivity index (χ1v) is 11.4. The molecule has 0 saturated heterocycles. The third-order valence-electron chi connectivity index (χ3n) is 4.28. The second-order valence-electron chi connectivity index (χ2n) is 8.40. The van der Waals surface area contributed by atoms with Crippen LogP contribution in [-0.2, 0) is 23.7 Å². The first-order chi connectivity index (χ1) is 13.5. The van der Waals surface area contributed by atoms with E-state index in [-0.39, 0.29) is 12.6 Å². The Bertz CT molecular complexity index is 338. The van der Waals surface area contributed by atoms with Gasteiger partial charge in [-0.05, 0) is 27.2 Å². The predicted octanol–water partition coefficient (Wildman–Crippen LogP) is 5.69. The van der Waals surface area contributed by atoms with Crippen molar-refractivity contribution < 1.29 is 23.7 Å². The summed E-state index contributed by atoms with van der Waals surface area (Å²) in [5.74, 6) is -0.345. The summed E-state index contributed by atoms with van der Waals surface area (Å²) in [6, 6.07) is 0. The van der Waals surface area contributed by atoms with Crippen LogP contribution in [0.4, 0.5) is 0 Å². The van der Waals surface area contributed by atoms with E-state index in [1.54, 1.807) is 0 Å². The molecule has 0 aromatic heterocycles. The molecule has 0 spiro atoms. The van der Waals surface area contributed by atoms with Crippen LogP contribution in [0, 0.1) is 0 Å². The Morgan fingerprint density at radius 2 is 1.04 bits per heavy atom. The standard InChI is InChI=1S/C23H46O5/c1-5-6-7-8-9-10-11-12-13-14-15-16-25-17-18-26-19-20-27-21-22(24)28-23(2,3)4/h5-21H2,1-4H3. The van der Waals surface area contributed by atoms with Gasteiger partial charge in [0.15, 0.2) is 0 Å². The molecule has 28 heavy (non-hydrogen) atoms. The maximum absolute atomic E-state index is 11.4. The Hall–Kier alpha value is -0.650. The van der Waals surface area contributed by atoms with Crippen LogP contribution in [0.3, 0.4) is 0 Å². The van der Waals surface area contributed by atoms with E-state index in [0.29, 0.717) is 26.4 Å². The van der Waals surface area contributed by atoms with Gasteiger partial charge in [0.1, 0.15) is 12.2 Å². The number of hydrogen-bond donors (Lipinski definition) is 0. The lowest BCUT2D eigenvalue weighted by Gasteiger charge is -2.19. The van der Waals surface area contributed by atoms with Gasteiger partial charge < -0.3 is 18.9 Å². The van der Waals surface area contributed by atoms with Gasteiger partial charge in [-0.15, -0.1) is 0 Å². The highest BCUT2D eigenvalue weighted by atomic mass is 16.6. The van der Waals surface area contributed by atoms with Crippen LogP contribution < -0.4 is 0 Å². The lowest BCUT2D eigenvalue weighted by atomic mass is 10.1. The summed E-state index contributed by atoms with van der Waals surface area (Å²) in [6.07, 6.45) is 14.8. The van der Waals surface area contributed by atoms with Gasteiger partial charge in [-0.2, -0.15) is 0 Å². The molecule has 5 heteroatoms. The van der Waals surface area contributed by atoms with Crippen molar-refractivity contribution in [2.24, 2.45) is 0 Å². The molecule has 0 bridgehead atoms. The highest BCUT2D eigenvalue weighted by Crippen LogP contribution is 2.11. The van der Waals surface area contributed by atoms with Crippen LogP contribution in [0.25, 0.3) is 0 Å². The monoisotopic (exact) mass is 402 g/mol. The summed E-state index contributed by atoms with van der Waals surface area (Å²) in [5, 5.41) is 0. The molecule has 0 atom stereocenters. The number of unbranched alkanes of at least 4 members (excludes halogenated alkanes) is 10. The summed E-state index contributed by atoms with van der Waals surface area (Å²) in [7, 11) is 0. The average Bonchev–Trinajstić information content (AvgIpc) is 2.62. The van der Waals surface area contributed by atoms with Crippen molar-refractivity contribution >= 4 is 5.97 Å². The summed E-state index contributed by atoms with van der Waals surface area (Å²) >= 11 is 0. The fourth-order valence-electron chi connectivity index (χ4n) is 2.83. The molecule has 0 aromatic rings. The van der Waals surface area contributed by atoms with Gasteiger partial charge in [-0.1, -0.05) is 71.1 Å². The van der Waals surface area contributed by atoms with Crippen LogP contribution >= 0.6 is 0 Å². The minimum Gasteiger partial charge on any atom is -0.458 e. The lowest BCUT2D eigenvalue weighted by molar-refractivity contribution is -0.160. The molecule has 0 radical (unpaired) electrons. The van der Waals surface area contributed by atoms with E-state index < -0.39 is 5.60 Å². The van der Waals surface area contributed by atoms with Crippen LogP contribution in [-0.4, -0.2) is 51.2 Å². The smallest absolute Gasteiger partial charge is 0.332 e. The third kappa shape index (κ3) is 23.4. The van der Waals surface area contributed by atoms with Gasteiger partial charge in [0.2, 0.25) is 0 Å². The molecule has 0 unspecified atom stereocenters. The molecule has 0 saturated carbocycles. The van der Waals surface area contributed by atoms with E-state index in [1.165, 1.54) is 64.2 Å². The first-order valence-electron chi connectivity index (χ1n) is 11.4. The van der Waals surface area contributed by atoms with Crippen LogP contribution in [0.2, 0.25) is 0 Å². The van der Waals surface area contributed by atoms with Crippen molar-refractivity contribution in [2.45, 2.75) is 104 Å². The van der Waals surface area contributed by atoms with Crippen LogP contribution in [0.1, 0.15) is 98.3 Å². The molecule has 168 valence electrons. The molecule has 0 amide bonds. The fraction of sp³-hybridized carbons (Fsp3) is 0.957. The molecule has 0 fully saturated rings. The molecule has 5 nitrogen and oxygen atoms in total. The Balaban J connectivity index is 3.11. The molecule has 0 rings (SSSR count). The van der Waals surface area contributed by atoms with Crippen LogP contribution in [0.5, 0.6) is 0 Å². The molecule has 0 heterocycles. The van der Waals surface area contributed by atoms with Gasteiger partial charge in [0.25, 0.3) is 0 Å². The predicted molar refractivity (Wildman–Crippen MR) is 115 cm³/mol. The lowest BCUT2D eigenvalue weighted by Crippen LogP contribution is -2.27. The van der Waals surface area contributed by atoms with Crippen molar-refractivity contribution in [3.8, 4) is 0 Å². The van der Waals surface area contributed by atoms with E-state index in [1.807, 2.05) is 20.8 Å². The summed E-state index contributed by atoms with van der Waals surface area (Å²) in [4.78, 5) is 11.4. The summed E-state index contributed by atoms with van der Waals surface area (Å²) < 4.78 is 21.4. The fourth-order valence-corrected chi connectivity index (χ4v) is 2.83. The Morgan fingerprint density at radius 3 is 1.54 bits per heavy atom. The second-order valence-corrected chi connectivity index (χ2v) is 8.40. The first kappa shape index (κ1) is 27.4. The topological polar surface area (TPSA) is 54.0 Å². The van der Waals surface area contributed by atoms with E-state index in [0.717, 1.165) is 13.0 Å². The van der Waals surface area contributed by atoms with Crippen molar-refractivity contribution in [1.29, 1.82) is 0 Å². The highest BCUT2D eigenvalue weighted by molar-refractivity contribution is 5.71. The Kier molecular flexibility index (Phi) is 19.2. The molecular formula is C23H46O5. The number of carbonyl (C=O) groups excluding carboxylic acids is 1. The zero-order chi connectivity index (χ0) is 20.9. The number of rotatable bonds is 20. The van der Waals surface area contributed by atoms with Gasteiger partial charge in [-0.3, -0.25) is 0 Å². The molecular weight excluding hydrogens is 356 g/mol. The Morgan fingerprint density at radius 1 is 0.607 bits per heavy atom. The van der Waals surface area contributed by atoms with Crippen LogP contribution in [0.15, 0.2) is 0 Å². The van der Waals surface area contributed by atoms with Crippen molar-refractivity contribution in [1.82, 2.24) is 0 Å². The molecule has 0 aromatic carbocycles. The SMILES string of the molecule is CCCCCCCCCCCCCOCCOCCOCC(=O)OC(C)(C)C. The largest absolute Gasteiger partial charge is 0.458 e.